The predicted molar refractivity (Wildman–Crippen MR) is 115 cm³/mol. The standard InChI is InChI=1S/C22H24ClN3O5/c1-22(2,3)26(21(30)16-7-5-4-6-8-16)25(15-31-19(28)13-24-14-27)20(29)17-9-11-18(23)12-10-17/h4-12,14H,13,15H2,1-3H3,(H,24,27). The van der Waals surface area contributed by atoms with Crippen molar-refractivity contribution in [3.05, 3.63) is 70.7 Å². The van der Waals surface area contributed by atoms with Gasteiger partial charge < -0.3 is 10.1 Å². The van der Waals surface area contributed by atoms with E-state index in [0.29, 0.717) is 17.0 Å². The van der Waals surface area contributed by atoms with Crippen molar-refractivity contribution in [2.24, 2.45) is 0 Å². The van der Waals surface area contributed by atoms with Crippen LogP contribution in [0.15, 0.2) is 54.6 Å². The molecule has 0 bridgehead atoms. The Labute approximate surface area is 185 Å². The second-order valence-electron chi connectivity index (χ2n) is 7.51. The van der Waals surface area contributed by atoms with Gasteiger partial charge in [0.05, 0.1) is 5.54 Å². The maximum absolute atomic E-state index is 13.4. The fourth-order valence-corrected chi connectivity index (χ4v) is 2.86. The van der Waals surface area contributed by atoms with Crippen LogP contribution in [0, 0.1) is 0 Å². The van der Waals surface area contributed by atoms with Crippen LogP contribution < -0.4 is 5.32 Å². The Morgan fingerprint density at radius 1 is 0.968 bits per heavy atom. The highest BCUT2D eigenvalue weighted by molar-refractivity contribution is 6.30. The summed E-state index contributed by atoms with van der Waals surface area (Å²) in [5.41, 5.74) is -0.232. The maximum Gasteiger partial charge on any atom is 0.327 e. The SMILES string of the molecule is CC(C)(C)N(C(=O)c1ccccc1)N(COC(=O)CNC=O)C(=O)c1ccc(Cl)cc1. The number of rotatable bonds is 7. The van der Waals surface area contributed by atoms with Crippen LogP contribution >= 0.6 is 11.6 Å². The Hall–Kier alpha value is -3.39. The minimum absolute atomic E-state index is 0.251. The van der Waals surface area contributed by atoms with Gasteiger partial charge in [0.25, 0.3) is 11.8 Å². The molecule has 0 atom stereocenters. The summed E-state index contributed by atoms with van der Waals surface area (Å²) in [4.78, 5) is 49.0. The molecule has 9 heteroatoms. The molecule has 2 rings (SSSR count). The fourth-order valence-electron chi connectivity index (χ4n) is 2.74. The molecular formula is C22H24ClN3O5. The topological polar surface area (TPSA) is 96.0 Å². The quantitative estimate of drug-likeness (QED) is 0.306. The number of esters is 1. The van der Waals surface area contributed by atoms with Gasteiger partial charge in [-0.2, -0.15) is 0 Å². The highest BCUT2D eigenvalue weighted by atomic mass is 35.5. The van der Waals surface area contributed by atoms with Gasteiger partial charge in [0.15, 0.2) is 6.73 Å². The molecule has 0 saturated heterocycles. The van der Waals surface area contributed by atoms with Crippen molar-refractivity contribution in [2.45, 2.75) is 26.3 Å². The highest BCUT2D eigenvalue weighted by Crippen LogP contribution is 2.23. The van der Waals surface area contributed by atoms with Crippen LogP contribution in [0.25, 0.3) is 0 Å². The largest absolute Gasteiger partial charge is 0.441 e. The van der Waals surface area contributed by atoms with E-state index in [1.54, 1.807) is 63.2 Å². The number of nitrogens with one attached hydrogen (secondary N) is 1. The van der Waals surface area contributed by atoms with Gasteiger partial charge in [0, 0.05) is 16.1 Å². The summed E-state index contributed by atoms with van der Waals surface area (Å²) in [5.74, 6) is -1.77. The fraction of sp³-hybridized carbons (Fsp3) is 0.273. The summed E-state index contributed by atoms with van der Waals surface area (Å²) in [6.45, 7) is 4.37. The van der Waals surface area contributed by atoms with Crippen molar-refractivity contribution in [3.8, 4) is 0 Å². The number of halogens is 1. The first-order chi connectivity index (χ1) is 14.6. The zero-order valence-corrected chi connectivity index (χ0v) is 18.3. The molecule has 0 aliphatic carbocycles. The Morgan fingerprint density at radius 3 is 2.10 bits per heavy atom. The lowest BCUT2D eigenvalue weighted by molar-refractivity contribution is -0.155. The smallest absolute Gasteiger partial charge is 0.327 e. The van der Waals surface area contributed by atoms with E-state index >= 15 is 0 Å². The highest BCUT2D eigenvalue weighted by Gasteiger charge is 2.36. The van der Waals surface area contributed by atoms with E-state index in [2.05, 4.69) is 5.32 Å². The molecule has 1 N–H and O–H groups in total. The van der Waals surface area contributed by atoms with E-state index in [9.17, 15) is 19.2 Å². The molecule has 0 radical (unpaired) electrons. The zero-order chi connectivity index (χ0) is 23.0. The van der Waals surface area contributed by atoms with Crippen molar-refractivity contribution >= 4 is 35.8 Å². The average Bonchev–Trinajstić information content (AvgIpc) is 2.74. The number of nitrogens with zero attached hydrogens (tertiary/aromatic N) is 2. The second kappa shape index (κ2) is 10.6. The van der Waals surface area contributed by atoms with Crippen LogP contribution in [-0.4, -0.2) is 53.0 Å². The monoisotopic (exact) mass is 445 g/mol. The molecule has 0 aromatic heterocycles. The maximum atomic E-state index is 13.4. The first-order valence-corrected chi connectivity index (χ1v) is 9.82. The lowest BCUT2D eigenvalue weighted by Crippen LogP contribution is -2.59. The summed E-state index contributed by atoms with van der Waals surface area (Å²) < 4.78 is 5.16. The molecule has 31 heavy (non-hydrogen) atoms. The van der Waals surface area contributed by atoms with Gasteiger partial charge in [-0.3, -0.25) is 19.2 Å². The summed E-state index contributed by atoms with van der Waals surface area (Å²) in [5, 5.41) is 4.96. The molecule has 0 aliphatic rings. The number of ether oxygens (including phenoxy) is 1. The number of carbonyl (C=O) groups excluding carboxylic acids is 4. The normalized spacial score (nSPS) is 10.7. The predicted octanol–water partition coefficient (Wildman–Crippen LogP) is 2.88. The van der Waals surface area contributed by atoms with Gasteiger partial charge in [0.1, 0.15) is 6.54 Å². The van der Waals surface area contributed by atoms with Crippen molar-refractivity contribution < 1.29 is 23.9 Å². The molecule has 3 amide bonds. The number of hydrogen-bond acceptors (Lipinski definition) is 5. The van der Waals surface area contributed by atoms with Crippen molar-refractivity contribution in [3.63, 3.8) is 0 Å². The Balaban J connectivity index is 2.43. The molecule has 0 unspecified atom stereocenters. The molecule has 0 aliphatic heterocycles. The molecule has 0 saturated carbocycles. The van der Waals surface area contributed by atoms with Gasteiger partial charge in [-0.15, -0.1) is 0 Å². The Morgan fingerprint density at radius 2 is 1.55 bits per heavy atom. The summed E-state index contributed by atoms with van der Waals surface area (Å²) >= 11 is 5.92. The molecule has 2 aromatic rings. The Kier molecular flexibility index (Phi) is 8.15. The zero-order valence-electron chi connectivity index (χ0n) is 17.5. The lowest BCUT2D eigenvalue weighted by Gasteiger charge is -2.42. The minimum atomic E-state index is -0.845. The Bertz CT molecular complexity index is 926. The molecular weight excluding hydrogens is 422 g/mol. The van der Waals surface area contributed by atoms with Crippen molar-refractivity contribution in [2.75, 3.05) is 13.3 Å². The molecule has 2 aromatic carbocycles. The van der Waals surface area contributed by atoms with Crippen LogP contribution in [0.1, 0.15) is 41.5 Å². The minimum Gasteiger partial charge on any atom is -0.441 e. The summed E-state index contributed by atoms with van der Waals surface area (Å²) in [6.07, 6.45) is 0.359. The summed E-state index contributed by atoms with van der Waals surface area (Å²) in [6, 6.07) is 14.6. The third-order valence-electron chi connectivity index (χ3n) is 4.09. The van der Waals surface area contributed by atoms with E-state index in [0.717, 1.165) is 5.01 Å². The van der Waals surface area contributed by atoms with Crippen LogP contribution in [-0.2, 0) is 14.3 Å². The number of benzene rings is 2. The van der Waals surface area contributed by atoms with Gasteiger partial charge in [0.2, 0.25) is 6.41 Å². The first-order valence-electron chi connectivity index (χ1n) is 9.44. The molecule has 0 heterocycles. The van der Waals surface area contributed by atoms with Crippen LogP contribution in [0.5, 0.6) is 0 Å². The van der Waals surface area contributed by atoms with Crippen LogP contribution in [0.3, 0.4) is 0 Å². The first kappa shape index (κ1) is 23.9. The molecule has 8 nitrogen and oxygen atoms in total. The van der Waals surface area contributed by atoms with Gasteiger partial charge >= 0.3 is 5.97 Å². The molecule has 0 fully saturated rings. The van der Waals surface area contributed by atoms with E-state index in [-0.39, 0.29) is 12.1 Å². The van der Waals surface area contributed by atoms with Gasteiger partial charge in [-0.25, -0.2) is 10.0 Å². The number of hydrogen-bond donors (Lipinski definition) is 1. The molecule has 164 valence electrons. The van der Waals surface area contributed by atoms with E-state index in [1.165, 1.54) is 17.1 Å². The number of amides is 3. The van der Waals surface area contributed by atoms with E-state index in [4.69, 9.17) is 16.3 Å². The van der Waals surface area contributed by atoms with E-state index < -0.39 is 30.1 Å². The summed E-state index contributed by atoms with van der Waals surface area (Å²) in [7, 11) is 0. The number of hydrazine groups is 1. The molecule has 0 spiro atoms. The third-order valence-corrected chi connectivity index (χ3v) is 4.35. The van der Waals surface area contributed by atoms with Crippen LogP contribution in [0.2, 0.25) is 5.02 Å². The van der Waals surface area contributed by atoms with Gasteiger partial charge in [-0.1, -0.05) is 29.8 Å². The second-order valence-corrected chi connectivity index (χ2v) is 7.95. The third kappa shape index (κ3) is 6.55. The van der Waals surface area contributed by atoms with Gasteiger partial charge in [-0.05, 0) is 57.2 Å². The number of carbonyl (C=O) groups is 4. The van der Waals surface area contributed by atoms with Crippen molar-refractivity contribution in [1.29, 1.82) is 0 Å². The lowest BCUT2D eigenvalue weighted by atomic mass is 10.1. The van der Waals surface area contributed by atoms with E-state index in [1.807, 2.05) is 0 Å². The van der Waals surface area contributed by atoms with Crippen LogP contribution in [0.4, 0.5) is 0 Å². The van der Waals surface area contributed by atoms with Crippen molar-refractivity contribution in [1.82, 2.24) is 15.3 Å². The average molecular weight is 446 g/mol.